The summed E-state index contributed by atoms with van der Waals surface area (Å²) < 4.78 is 11.2. The largest absolute Gasteiger partial charge is 0.478 e. The molecule has 0 spiro atoms. The smallest absolute Gasteiger partial charge is 0.327 e. The van der Waals surface area contributed by atoms with E-state index in [0.29, 0.717) is 5.75 Å². The second kappa shape index (κ2) is 7.66. The van der Waals surface area contributed by atoms with Crippen LogP contribution in [0.1, 0.15) is 19.4 Å². The maximum atomic E-state index is 12.4. The lowest BCUT2D eigenvalue weighted by Gasteiger charge is -2.09. The zero-order valence-corrected chi connectivity index (χ0v) is 15.3. The van der Waals surface area contributed by atoms with Crippen LogP contribution in [-0.4, -0.2) is 17.0 Å². The Morgan fingerprint density at radius 2 is 1.78 bits per heavy atom. The Balaban J connectivity index is 1.58. The van der Waals surface area contributed by atoms with Crippen molar-refractivity contribution in [1.82, 2.24) is 0 Å². The Morgan fingerprint density at radius 3 is 2.48 bits per heavy atom. The van der Waals surface area contributed by atoms with Crippen molar-refractivity contribution < 1.29 is 24.2 Å². The van der Waals surface area contributed by atoms with Crippen LogP contribution in [-0.2, 0) is 20.9 Å². The summed E-state index contributed by atoms with van der Waals surface area (Å²) >= 11 is 0. The molecular formula is C22H22O5. The number of carboxylic acid groups (broad SMARTS) is 1. The molecule has 0 aliphatic heterocycles. The van der Waals surface area contributed by atoms with Crippen LogP contribution in [0.25, 0.3) is 0 Å². The van der Waals surface area contributed by atoms with E-state index in [1.54, 1.807) is 6.08 Å². The van der Waals surface area contributed by atoms with Gasteiger partial charge in [0.25, 0.3) is 0 Å². The van der Waals surface area contributed by atoms with Crippen LogP contribution in [0.5, 0.6) is 11.5 Å². The molecular weight excluding hydrogens is 344 g/mol. The summed E-state index contributed by atoms with van der Waals surface area (Å²) in [6, 6.07) is 16.8. The molecule has 0 aromatic heterocycles. The van der Waals surface area contributed by atoms with Gasteiger partial charge in [0.1, 0.15) is 18.1 Å². The average Bonchev–Trinajstić information content (AvgIpc) is 3.20. The Labute approximate surface area is 158 Å². The van der Waals surface area contributed by atoms with Crippen molar-refractivity contribution in [3.05, 3.63) is 72.3 Å². The lowest BCUT2D eigenvalue weighted by molar-refractivity contribution is -0.147. The fourth-order valence-corrected chi connectivity index (χ4v) is 3.24. The van der Waals surface area contributed by atoms with E-state index in [0.717, 1.165) is 17.4 Å². The first-order valence-electron chi connectivity index (χ1n) is 8.77. The highest BCUT2D eigenvalue weighted by Crippen LogP contribution is 2.59. The zero-order chi connectivity index (χ0) is 19.4. The molecule has 2 aromatic carbocycles. The van der Waals surface area contributed by atoms with Gasteiger partial charge in [0.2, 0.25) is 0 Å². The molecule has 5 heteroatoms. The van der Waals surface area contributed by atoms with Gasteiger partial charge in [-0.3, -0.25) is 4.79 Å². The number of rotatable bonds is 7. The van der Waals surface area contributed by atoms with Gasteiger partial charge < -0.3 is 14.6 Å². The molecule has 0 amide bonds. The quantitative estimate of drug-likeness (QED) is 0.579. The van der Waals surface area contributed by atoms with Crippen LogP contribution in [0.15, 0.2) is 66.7 Å². The number of para-hydroxylation sites is 1. The number of hydrogen-bond acceptors (Lipinski definition) is 4. The van der Waals surface area contributed by atoms with Crippen molar-refractivity contribution in [1.29, 1.82) is 0 Å². The fourth-order valence-electron chi connectivity index (χ4n) is 3.24. The molecule has 1 aliphatic rings. The maximum Gasteiger partial charge on any atom is 0.327 e. The second-order valence-corrected chi connectivity index (χ2v) is 7.19. The van der Waals surface area contributed by atoms with E-state index in [9.17, 15) is 9.59 Å². The fraction of sp³-hybridized carbons (Fsp3) is 0.273. The van der Waals surface area contributed by atoms with Crippen LogP contribution in [0.2, 0.25) is 0 Å². The summed E-state index contributed by atoms with van der Waals surface area (Å²) in [4.78, 5) is 23.1. The molecule has 0 bridgehead atoms. The Hall–Kier alpha value is -3.08. The molecule has 1 saturated carbocycles. The topological polar surface area (TPSA) is 72.8 Å². The minimum Gasteiger partial charge on any atom is -0.478 e. The molecule has 1 N–H and O–H groups in total. The predicted molar refractivity (Wildman–Crippen MR) is 100 cm³/mol. The molecule has 0 heterocycles. The highest BCUT2D eigenvalue weighted by Gasteiger charge is 2.61. The van der Waals surface area contributed by atoms with Crippen molar-refractivity contribution >= 4 is 11.9 Å². The summed E-state index contributed by atoms with van der Waals surface area (Å²) in [7, 11) is 0. The molecule has 1 aliphatic carbocycles. The van der Waals surface area contributed by atoms with Crippen LogP contribution in [0, 0.1) is 17.3 Å². The summed E-state index contributed by atoms with van der Waals surface area (Å²) in [5, 5.41) is 8.75. The van der Waals surface area contributed by atoms with Crippen LogP contribution < -0.4 is 4.74 Å². The molecule has 0 saturated heterocycles. The first-order chi connectivity index (χ1) is 12.9. The molecule has 0 unspecified atom stereocenters. The standard InChI is InChI=1S/C22H22O5/c1-22(2)18(11-12-19(23)24)20(22)21(25)26-14-15-7-6-10-17(13-15)27-16-8-4-3-5-9-16/h3-13,18,20H,14H2,1-2H3,(H,23,24)/t18-,20-/m0/s1. The van der Waals surface area contributed by atoms with Crippen molar-refractivity contribution in [2.75, 3.05) is 0 Å². The van der Waals surface area contributed by atoms with Crippen LogP contribution in [0.4, 0.5) is 0 Å². The number of ether oxygens (including phenoxy) is 2. The molecule has 27 heavy (non-hydrogen) atoms. The van der Waals surface area contributed by atoms with E-state index in [-0.39, 0.29) is 29.8 Å². The number of esters is 1. The van der Waals surface area contributed by atoms with Gasteiger partial charge in [-0.2, -0.15) is 0 Å². The Morgan fingerprint density at radius 1 is 1.07 bits per heavy atom. The minimum atomic E-state index is -1.01. The van der Waals surface area contributed by atoms with E-state index in [1.807, 2.05) is 68.4 Å². The molecule has 2 aromatic rings. The number of aliphatic carboxylic acids is 1. The third-order valence-electron chi connectivity index (χ3n) is 4.87. The highest BCUT2D eigenvalue weighted by atomic mass is 16.5. The highest BCUT2D eigenvalue weighted by molar-refractivity contribution is 5.82. The number of hydrogen-bond donors (Lipinski definition) is 1. The number of carboxylic acids is 1. The lowest BCUT2D eigenvalue weighted by Crippen LogP contribution is -2.10. The number of benzene rings is 2. The normalized spacial score (nSPS) is 20.2. The summed E-state index contributed by atoms with van der Waals surface area (Å²) in [5.41, 5.74) is 0.536. The molecule has 3 rings (SSSR count). The second-order valence-electron chi connectivity index (χ2n) is 7.19. The van der Waals surface area contributed by atoms with Gasteiger partial charge in [0.05, 0.1) is 5.92 Å². The molecule has 0 radical (unpaired) electrons. The molecule has 2 atom stereocenters. The zero-order valence-electron chi connectivity index (χ0n) is 15.3. The summed E-state index contributed by atoms with van der Waals surface area (Å²) in [6.07, 6.45) is 2.66. The van der Waals surface area contributed by atoms with E-state index in [2.05, 4.69) is 0 Å². The van der Waals surface area contributed by atoms with Crippen molar-refractivity contribution in [2.45, 2.75) is 20.5 Å². The van der Waals surface area contributed by atoms with E-state index >= 15 is 0 Å². The first-order valence-corrected chi connectivity index (χ1v) is 8.77. The van der Waals surface area contributed by atoms with Crippen LogP contribution in [0.3, 0.4) is 0 Å². The number of carbonyl (C=O) groups is 2. The molecule has 140 valence electrons. The third kappa shape index (κ3) is 4.56. The number of carbonyl (C=O) groups excluding carboxylic acids is 1. The van der Waals surface area contributed by atoms with Crippen LogP contribution >= 0.6 is 0 Å². The van der Waals surface area contributed by atoms with Crippen molar-refractivity contribution in [2.24, 2.45) is 17.3 Å². The lowest BCUT2D eigenvalue weighted by atomic mass is 10.1. The van der Waals surface area contributed by atoms with Gasteiger partial charge in [-0.05, 0) is 41.2 Å². The van der Waals surface area contributed by atoms with E-state index in [4.69, 9.17) is 14.6 Å². The van der Waals surface area contributed by atoms with Crippen molar-refractivity contribution in [3.63, 3.8) is 0 Å². The number of allylic oxidation sites excluding steroid dienone is 1. The van der Waals surface area contributed by atoms with E-state index in [1.165, 1.54) is 0 Å². The van der Waals surface area contributed by atoms with Gasteiger partial charge in [0.15, 0.2) is 0 Å². The Kier molecular flexibility index (Phi) is 5.31. The third-order valence-corrected chi connectivity index (χ3v) is 4.87. The minimum absolute atomic E-state index is 0.117. The van der Waals surface area contributed by atoms with Gasteiger partial charge in [-0.25, -0.2) is 4.79 Å². The van der Waals surface area contributed by atoms with Gasteiger partial charge in [0, 0.05) is 6.08 Å². The Bertz CT molecular complexity index is 854. The van der Waals surface area contributed by atoms with Gasteiger partial charge >= 0.3 is 11.9 Å². The van der Waals surface area contributed by atoms with Crippen molar-refractivity contribution in [3.8, 4) is 11.5 Å². The maximum absolute atomic E-state index is 12.4. The first kappa shape index (κ1) is 18.7. The molecule has 1 fully saturated rings. The van der Waals surface area contributed by atoms with Gasteiger partial charge in [-0.15, -0.1) is 0 Å². The summed E-state index contributed by atoms with van der Waals surface area (Å²) in [6.45, 7) is 4.01. The monoisotopic (exact) mass is 366 g/mol. The predicted octanol–water partition coefficient (Wildman–Crippen LogP) is 4.44. The average molecular weight is 366 g/mol. The van der Waals surface area contributed by atoms with Gasteiger partial charge in [-0.1, -0.05) is 50.3 Å². The summed E-state index contributed by atoms with van der Waals surface area (Å²) in [5.74, 6) is -0.358. The molecule has 5 nitrogen and oxygen atoms in total. The SMILES string of the molecule is CC1(C)[C@H](C(=O)OCc2cccc(Oc3ccccc3)c2)[C@@H]1C=CC(=O)O. The van der Waals surface area contributed by atoms with E-state index < -0.39 is 5.97 Å².